The normalized spacial score (nSPS) is 10.5. The Morgan fingerprint density at radius 3 is 2.12 bits per heavy atom. The zero-order chi connectivity index (χ0) is 22.7. The lowest BCUT2D eigenvalue weighted by Crippen LogP contribution is -2.19. The summed E-state index contributed by atoms with van der Waals surface area (Å²) in [5, 5.41) is 12.7. The van der Waals surface area contributed by atoms with Gasteiger partial charge >= 0.3 is 6.03 Å². The van der Waals surface area contributed by atoms with Gasteiger partial charge in [-0.2, -0.15) is 0 Å². The molecule has 0 unspecified atom stereocenters. The van der Waals surface area contributed by atoms with Crippen molar-refractivity contribution in [1.29, 1.82) is 0 Å². The lowest BCUT2D eigenvalue weighted by atomic mass is 10.0. The van der Waals surface area contributed by atoms with E-state index in [1.165, 1.54) is 6.08 Å². The number of hydrogen-bond donors (Lipinski definition) is 4. The SMILES string of the molecule is C=CC(=O)Nc1ccc(NC(=O)Nc2ccc(-c3cc(C)nc4noc(N)c34)cc2)cc1. The van der Waals surface area contributed by atoms with Crippen molar-refractivity contribution < 1.29 is 14.1 Å². The van der Waals surface area contributed by atoms with E-state index in [0.29, 0.717) is 28.1 Å². The van der Waals surface area contributed by atoms with Gasteiger partial charge in [0.05, 0.1) is 5.39 Å². The number of fused-ring (bicyclic) bond motifs is 1. The highest BCUT2D eigenvalue weighted by atomic mass is 16.5. The van der Waals surface area contributed by atoms with Crippen molar-refractivity contribution in [2.75, 3.05) is 21.7 Å². The summed E-state index contributed by atoms with van der Waals surface area (Å²) in [6.45, 7) is 5.27. The summed E-state index contributed by atoms with van der Waals surface area (Å²) in [6, 6.07) is 15.5. The van der Waals surface area contributed by atoms with Crippen LogP contribution in [0, 0.1) is 6.92 Å². The van der Waals surface area contributed by atoms with Gasteiger partial charge in [-0.15, -0.1) is 0 Å². The van der Waals surface area contributed by atoms with Crippen molar-refractivity contribution in [2.45, 2.75) is 6.92 Å². The van der Waals surface area contributed by atoms with E-state index >= 15 is 0 Å². The molecule has 9 nitrogen and oxygen atoms in total. The highest BCUT2D eigenvalue weighted by Gasteiger charge is 2.14. The third-order valence-corrected chi connectivity index (χ3v) is 4.65. The predicted molar refractivity (Wildman–Crippen MR) is 124 cm³/mol. The van der Waals surface area contributed by atoms with Gasteiger partial charge in [-0.3, -0.25) is 4.79 Å². The fourth-order valence-corrected chi connectivity index (χ4v) is 3.19. The molecule has 0 saturated heterocycles. The fourth-order valence-electron chi connectivity index (χ4n) is 3.19. The van der Waals surface area contributed by atoms with Gasteiger partial charge < -0.3 is 26.2 Å². The predicted octanol–water partition coefficient (Wildman–Crippen LogP) is 4.55. The number of aromatic nitrogens is 2. The largest absolute Gasteiger partial charge is 0.367 e. The fraction of sp³-hybridized carbons (Fsp3) is 0.0435. The van der Waals surface area contributed by atoms with E-state index in [-0.39, 0.29) is 11.8 Å². The molecule has 32 heavy (non-hydrogen) atoms. The quantitative estimate of drug-likeness (QED) is 0.344. The summed E-state index contributed by atoms with van der Waals surface area (Å²) in [6.07, 6.45) is 1.18. The molecule has 9 heteroatoms. The molecule has 4 aromatic rings. The Kier molecular flexibility index (Phi) is 5.54. The van der Waals surface area contributed by atoms with Crippen molar-refractivity contribution in [3.8, 4) is 11.1 Å². The van der Waals surface area contributed by atoms with Crippen LogP contribution in [-0.4, -0.2) is 22.1 Å². The molecular weight excluding hydrogens is 408 g/mol. The van der Waals surface area contributed by atoms with Gasteiger partial charge in [0.2, 0.25) is 17.4 Å². The number of hydrogen-bond acceptors (Lipinski definition) is 6. The van der Waals surface area contributed by atoms with Gasteiger partial charge in [-0.1, -0.05) is 23.9 Å². The van der Waals surface area contributed by atoms with Crippen LogP contribution in [0.2, 0.25) is 0 Å². The number of carbonyl (C=O) groups excluding carboxylic acids is 2. The van der Waals surface area contributed by atoms with Gasteiger partial charge in [0.1, 0.15) is 0 Å². The van der Waals surface area contributed by atoms with Crippen LogP contribution in [0.3, 0.4) is 0 Å². The van der Waals surface area contributed by atoms with Crippen LogP contribution < -0.4 is 21.7 Å². The zero-order valence-corrected chi connectivity index (χ0v) is 17.2. The van der Waals surface area contributed by atoms with Crippen molar-refractivity contribution in [3.63, 3.8) is 0 Å². The number of aryl methyl sites for hydroxylation is 1. The molecule has 2 heterocycles. The van der Waals surface area contributed by atoms with E-state index in [9.17, 15) is 9.59 Å². The minimum absolute atomic E-state index is 0.208. The van der Waals surface area contributed by atoms with Crippen molar-refractivity contribution in [1.82, 2.24) is 10.1 Å². The first kappa shape index (κ1) is 20.6. The van der Waals surface area contributed by atoms with E-state index in [4.69, 9.17) is 10.3 Å². The molecule has 0 aliphatic heterocycles. The summed E-state index contributed by atoms with van der Waals surface area (Å²) in [7, 11) is 0. The molecule has 2 aromatic carbocycles. The van der Waals surface area contributed by atoms with Gasteiger partial charge in [0.25, 0.3) is 0 Å². The van der Waals surface area contributed by atoms with E-state index < -0.39 is 6.03 Å². The van der Waals surface area contributed by atoms with Gasteiger partial charge in [0.15, 0.2) is 0 Å². The molecule has 0 aliphatic carbocycles. The Balaban J connectivity index is 1.44. The minimum Gasteiger partial charge on any atom is -0.367 e. The second kappa shape index (κ2) is 8.60. The highest BCUT2D eigenvalue weighted by Crippen LogP contribution is 2.32. The summed E-state index contributed by atoms with van der Waals surface area (Å²) >= 11 is 0. The van der Waals surface area contributed by atoms with Crippen LogP contribution in [0.25, 0.3) is 22.2 Å². The molecule has 5 N–H and O–H groups in total. The topological polar surface area (TPSA) is 135 Å². The number of nitrogens with zero attached hydrogens (tertiary/aromatic N) is 2. The first-order valence-corrected chi connectivity index (χ1v) is 9.67. The van der Waals surface area contributed by atoms with Crippen molar-refractivity contribution in [3.05, 3.63) is 72.9 Å². The van der Waals surface area contributed by atoms with Crippen molar-refractivity contribution >= 4 is 45.9 Å². The molecule has 0 aliphatic rings. The van der Waals surface area contributed by atoms with E-state index in [2.05, 4.69) is 32.7 Å². The van der Waals surface area contributed by atoms with Gasteiger partial charge in [-0.25, -0.2) is 9.78 Å². The number of carbonyl (C=O) groups is 2. The van der Waals surface area contributed by atoms with Gasteiger partial charge in [0, 0.05) is 28.3 Å². The minimum atomic E-state index is -0.397. The van der Waals surface area contributed by atoms with E-state index in [0.717, 1.165) is 16.8 Å². The molecule has 3 amide bonds. The maximum absolute atomic E-state index is 12.3. The Morgan fingerprint density at radius 1 is 0.969 bits per heavy atom. The van der Waals surface area contributed by atoms with E-state index in [1.54, 1.807) is 36.4 Å². The second-order valence-corrected chi connectivity index (χ2v) is 6.98. The number of nitrogens with two attached hydrogens (primary N) is 1. The molecule has 4 rings (SSSR count). The van der Waals surface area contributed by atoms with Crippen LogP contribution in [0.15, 0.2) is 71.8 Å². The van der Waals surface area contributed by atoms with Crippen LogP contribution in [-0.2, 0) is 4.79 Å². The molecule has 2 aromatic heterocycles. The van der Waals surface area contributed by atoms with Crippen LogP contribution in [0.1, 0.15) is 5.69 Å². The summed E-state index contributed by atoms with van der Waals surface area (Å²) in [5.74, 6) is -0.0968. The molecular formula is C23H20N6O3. The number of nitrogens with one attached hydrogen (secondary N) is 3. The average Bonchev–Trinajstić information content (AvgIpc) is 3.15. The lowest BCUT2D eigenvalue weighted by molar-refractivity contribution is -0.111. The van der Waals surface area contributed by atoms with Crippen LogP contribution in [0.5, 0.6) is 0 Å². The second-order valence-electron chi connectivity index (χ2n) is 6.98. The molecule has 0 radical (unpaired) electrons. The Hall–Kier alpha value is -4.66. The summed E-state index contributed by atoms with van der Waals surface area (Å²) in [4.78, 5) is 28.0. The number of urea groups is 1. The molecule has 0 saturated carbocycles. The Morgan fingerprint density at radius 2 is 1.53 bits per heavy atom. The smallest absolute Gasteiger partial charge is 0.323 e. The highest BCUT2D eigenvalue weighted by molar-refractivity contribution is 6.02. The number of amides is 3. The summed E-state index contributed by atoms with van der Waals surface area (Å²) in [5.41, 5.74) is 10.7. The monoisotopic (exact) mass is 428 g/mol. The third-order valence-electron chi connectivity index (χ3n) is 4.65. The number of benzene rings is 2. The molecule has 0 spiro atoms. The van der Waals surface area contributed by atoms with Crippen molar-refractivity contribution in [2.24, 2.45) is 0 Å². The standard InChI is InChI=1S/C23H20N6O3/c1-3-19(30)26-15-8-10-17(11-9-15)28-23(31)27-16-6-4-14(5-7-16)18-12-13(2)25-22-20(18)21(24)32-29-22/h3-12H,1,24H2,2H3,(H,26,30)(H2,27,28,31). The number of anilines is 4. The maximum Gasteiger partial charge on any atom is 0.323 e. The van der Waals surface area contributed by atoms with E-state index in [1.807, 2.05) is 25.1 Å². The summed E-state index contributed by atoms with van der Waals surface area (Å²) < 4.78 is 5.07. The Labute approximate surface area is 183 Å². The van der Waals surface area contributed by atoms with Crippen LogP contribution >= 0.6 is 0 Å². The number of rotatable bonds is 5. The van der Waals surface area contributed by atoms with Gasteiger partial charge in [-0.05, 0) is 61.0 Å². The van der Waals surface area contributed by atoms with Crippen LogP contribution in [0.4, 0.5) is 27.7 Å². The zero-order valence-electron chi connectivity index (χ0n) is 17.2. The number of nitrogen functional groups attached to an aromatic ring is 1. The maximum atomic E-state index is 12.3. The Bertz CT molecular complexity index is 1310. The lowest BCUT2D eigenvalue weighted by Gasteiger charge is -2.10. The third kappa shape index (κ3) is 4.41. The molecule has 0 bridgehead atoms. The molecule has 0 fully saturated rings. The molecule has 0 atom stereocenters. The first-order chi connectivity index (χ1) is 15.4. The number of pyridine rings is 1. The molecule has 160 valence electrons. The first-order valence-electron chi connectivity index (χ1n) is 9.67. The average molecular weight is 428 g/mol.